The highest BCUT2D eigenvalue weighted by molar-refractivity contribution is 5.83. The number of amides is 2. The highest BCUT2D eigenvalue weighted by atomic mass is 16.4. The summed E-state index contributed by atoms with van der Waals surface area (Å²) in [5, 5.41) is 14.7. The zero-order chi connectivity index (χ0) is 15.2. The number of rotatable bonds is 5. The molecule has 0 bridgehead atoms. The van der Waals surface area contributed by atoms with Gasteiger partial charge in [-0.05, 0) is 12.8 Å². The van der Waals surface area contributed by atoms with Gasteiger partial charge in [-0.1, -0.05) is 19.3 Å². The fraction of sp³-hybridized carbons (Fsp3) is 0.786. The highest BCUT2D eigenvalue weighted by Crippen LogP contribution is 2.17. The molecule has 0 radical (unpaired) electrons. The molecule has 2 rings (SSSR count). The molecule has 3 N–H and O–H groups in total. The van der Waals surface area contributed by atoms with E-state index in [4.69, 9.17) is 5.11 Å². The lowest BCUT2D eigenvalue weighted by atomic mass is 9.95. The van der Waals surface area contributed by atoms with Gasteiger partial charge in [-0.15, -0.1) is 0 Å². The van der Waals surface area contributed by atoms with Gasteiger partial charge in [-0.25, -0.2) is 0 Å². The average molecular weight is 297 g/mol. The van der Waals surface area contributed by atoms with Crippen molar-refractivity contribution in [3.05, 3.63) is 0 Å². The predicted molar refractivity (Wildman–Crippen MR) is 75.6 cm³/mol. The molecule has 2 aliphatic rings. The molecular formula is C14H23N3O4. The van der Waals surface area contributed by atoms with Crippen LogP contribution in [0.2, 0.25) is 0 Å². The number of carboxylic acids is 1. The third kappa shape index (κ3) is 4.70. The maximum atomic E-state index is 11.9. The van der Waals surface area contributed by atoms with Crippen LogP contribution in [0.1, 0.15) is 38.5 Å². The molecule has 7 heteroatoms. The first-order valence-electron chi connectivity index (χ1n) is 7.59. The molecule has 1 heterocycles. The number of piperazine rings is 1. The van der Waals surface area contributed by atoms with E-state index in [9.17, 15) is 14.4 Å². The Morgan fingerprint density at radius 2 is 2.00 bits per heavy atom. The lowest BCUT2D eigenvalue weighted by Crippen LogP contribution is -2.58. The standard InChI is InChI=1S/C14H23N3O4/c18-12(16-10-4-2-1-3-5-10)6-7-17-9-13(19)15-8-11(17)14(20)21/h10-11H,1-9H2,(H,15,19)(H,16,18)(H,20,21). The van der Waals surface area contributed by atoms with Gasteiger partial charge in [0.1, 0.15) is 6.04 Å². The third-order valence-electron chi connectivity index (χ3n) is 4.16. The minimum Gasteiger partial charge on any atom is -0.480 e. The molecule has 1 atom stereocenters. The van der Waals surface area contributed by atoms with Crippen LogP contribution in [0.15, 0.2) is 0 Å². The average Bonchev–Trinajstić information content (AvgIpc) is 2.46. The van der Waals surface area contributed by atoms with E-state index in [0.717, 1.165) is 25.7 Å². The Morgan fingerprint density at radius 1 is 1.29 bits per heavy atom. The van der Waals surface area contributed by atoms with Gasteiger partial charge in [0.2, 0.25) is 11.8 Å². The molecule has 1 saturated heterocycles. The summed E-state index contributed by atoms with van der Waals surface area (Å²) in [6.45, 7) is 0.426. The van der Waals surface area contributed by atoms with Crippen molar-refractivity contribution in [2.75, 3.05) is 19.6 Å². The first kappa shape index (κ1) is 15.8. The second-order valence-corrected chi connectivity index (χ2v) is 5.78. The Morgan fingerprint density at radius 3 is 2.67 bits per heavy atom. The Hall–Kier alpha value is -1.63. The minimum absolute atomic E-state index is 0.0354. The number of aliphatic carboxylic acids is 1. The quantitative estimate of drug-likeness (QED) is 0.648. The van der Waals surface area contributed by atoms with Crippen LogP contribution in [0.25, 0.3) is 0 Å². The van der Waals surface area contributed by atoms with E-state index < -0.39 is 12.0 Å². The third-order valence-corrected chi connectivity index (χ3v) is 4.16. The largest absolute Gasteiger partial charge is 0.480 e. The van der Waals surface area contributed by atoms with Crippen LogP contribution in [0.3, 0.4) is 0 Å². The molecule has 0 aromatic heterocycles. The Bertz CT molecular complexity index is 407. The van der Waals surface area contributed by atoms with Gasteiger partial charge in [0, 0.05) is 25.6 Å². The van der Waals surface area contributed by atoms with E-state index in [-0.39, 0.29) is 37.4 Å². The first-order valence-corrected chi connectivity index (χ1v) is 7.59. The summed E-state index contributed by atoms with van der Waals surface area (Å²) in [5.74, 6) is -1.22. The van der Waals surface area contributed by atoms with Gasteiger partial charge in [-0.3, -0.25) is 19.3 Å². The van der Waals surface area contributed by atoms with Crippen molar-refractivity contribution in [2.24, 2.45) is 0 Å². The van der Waals surface area contributed by atoms with Gasteiger partial charge in [0.05, 0.1) is 6.54 Å². The van der Waals surface area contributed by atoms with Gasteiger partial charge < -0.3 is 15.7 Å². The van der Waals surface area contributed by atoms with Crippen LogP contribution in [0.5, 0.6) is 0 Å². The summed E-state index contributed by atoms with van der Waals surface area (Å²) in [6, 6.07) is -0.489. The first-order chi connectivity index (χ1) is 10.1. The second-order valence-electron chi connectivity index (χ2n) is 5.78. The molecule has 1 unspecified atom stereocenters. The SMILES string of the molecule is O=C1CN(CCC(=O)NC2CCCCC2)C(C(=O)O)CN1. The lowest BCUT2D eigenvalue weighted by Gasteiger charge is -2.32. The normalized spacial score (nSPS) is 24.4. The van der Waals surface area contributed by atoms with Crippen molar-refractivity contribution in [3.63, 3.8) is 0 Å². The Kier molecular flexibility index (Phi) is 5.55. The number of hydrogen-bond acceptors (Lipinski definition) is 4. The van der Waals surface area contributed by atoms with Crippen LogP contribution in [-0.4, -0.2) is 59.5 Å². The molecule has 2 fully saturated rings. The molecule has 21 heavy (non-hydrogen) atoms. The van der Waals surface area contributed by atoms with Gasteiger partial charge in [-0.2, -0.15) is 0 Å². The molecule has 7 nitrogen and oxygen atoms in total. The fourth-order valence-electron chi connectivity index (χ4n) is 2.96. The van der Waals surface area contributed by atoms with Gasteiger partial charge >= 0.3 is 5.97 Å². The van der Waals surface area contributed by atoms with Crippen molar-refractivity contribution in [2.45, 2.75) is 50.6 Å². The van der Waals surface area contributed by atoms with E-state index >= 15 is 0 Å². The van der Waals surface area contributed by atoms with Crippen molar-refractivity contribution in [3.8, 4) is 0 Å². The smallest absolute Gasteiger partial charge is 0.322 e. The van der Waals surface area contributed by atoms with Crippen LogP contribution in [-0.2, 0) is 14.4 Å². The number of nitrogens with zero attached hydrogens (tertiary/aromatic N) is 1. The maximum absolute atomic E-state index is 11.9. The van der Waals surface area contributed by atoms with E-state index in [1.165, 1.54) is 6.42 Å². The molecular weight excluding hydrogens is 274 g/mol. The highest BCUT2D eigenvalue weighted by Gasteiger charge is 2.31. The predicted octanol–water partition coefficient (Wildman–Crippen LogP) is -0.290. The van der Waals surface area contributed by atoms with E-state index in [1.54, 1.807) is 4.90 Å². The van der Waals surface area contributed by atoms with Crippen molar-refractivity contribution < 1.29 is 19.5 Å². The van der Waals surface area contributed by atoms with Crippen molar-refractivity contribution >= 4 is 17.8 Å². The Labute approximate surface area is 124 Å². The molecule has 1 saturated carbocycles. The lowest BCUT2D eigenvalue weighted by molar-refractivity contribution is -0.146. The zero-order valence-corrected chi connectivity index (χ0v) is 12.1. The summed E-state index contributed by atoms with van der Waals surface area (Å²) in [6.07, 6.45) is 5.81. The van der Waals surface area contributed by atoms with Gasteiger partial charge in [0.25, 0.3) is 0 Å². The van der Waals surface area contributed by atoms with Crippen LogP contribution >= 0.6 is 0 Å². The zero-order valence-electron chi connectivity index (χ0n) is 12.1. The molecule has 0 aromatic rings. The summed E-state index contributed by atoms with van der Waals surface area (Å²) >= 11 is 0. The molecule has 1 aliphatic carbocycles. The molecule has 118 valence electrons. The molecule has 0 spiro atoms. The summed E-state index contributed by atoms with van der Waals surface area (Å²) in [5.41, 5.74) is 0. The van der Waals surface area contributed by atoms with Crippen LogP contribution < -0.4 is 10.6 Å². The Balaban J connectivity index is 1.77. The van der Waals surface area contributed by atoms with Crippen LogP contribution in [0.4, 0.5) is 0 Å². The number of carboxylic acid groups (broad SMARTS) is 1. The van der Waals surface area contributed by atoms with Crippen LogP contribution in [0, 0.1) is 0 Å². The second kappa shape index (κ2) is 7.40. The number of nitrogens with one attached hydrogen (secondary N) is 2. The van der Waals surface area contributed by atoms with E-state index in [2.05, 4.69) is 10.6 Å². The summed E-state index contributed by atoms with van der Waals surface area (Å²) < 4.78 is 0. The molecule has 0 aromatic carbocycles. The van der Waals surface area contributed by atoms with E-state index in [0.29, 0.717) is 6.54 Å². The van der Waals surface area contributed by atoms with Crippen molar-refractivity contribution in [1.82, 2.24) is 15.5 Å². The topological polar surface area (TPSA) is 98.7 Å². The number of carbonyl (C=O) groups is 3. The minimum atomic E-state index is -0.970. The number of hydrogen-bond donors (Lipinski definition) is 3. The monoisotopic (exact) mass is 297 g/mol. The maximum Gasteiger partial charge on any atom is 0.322 e. The van der Waals surface area contributed by atoms with Gasteiger partial charge in [0.15, 0.2) is 0 Å². The summed E-state index contributed by atoms with van der Waals surface area (Å²) in [4.78, 5) is 36.0. The van der Waals surface area contributed by atoms with Crippen molar-refractivity contribution in [1.29, 1.82) is 0 Å². The van der Waals surface area contributed by atoms with E-state index in [1.807, 2.05) is 0 Å². The molecule has 1 aliphatic heterocycles. The summed E-state index contributed by atoms with van der Waals surface area (Å²) in [7, 11) is 0. The fourth-order valence-corrected chi connectivity index (χ4v) is 2.96. The molecule has 2 amide bonds. The number of carbonyl (C=O) groups excluding carboxylic acids is 2.